The Morgan fingerprint density at radius 3 is 2.86 bits per heavy atom. The van der Waals surface area contributed by atoms with E-state index in [-0.39, 0.29) is 11.9 Å². The van der Waals surface area contributed by atoms with Gasteiger partial charge >= 0.3 is 5.97 Å². The predicted molar refractivity (Wildman–Crippen MR) is 52.7 cm³/mol. The normalized spacial score (nSPS) is 31.9. The highest BCUT2D eigenvalue weighted by Crippen LogP contribution is 2.40. The van der Waals surface area contributed by atoms with E-state index < -0.39 is 5.41 Å². The zero-order valence-electron chi connectivity index (χ0n) is 8.87. The molecule has 1 aliphatic carbocycles. The monoisotopic (exact) mass is 196 g/mol. The van der Waals surface area contributed by atoms with Crippen molar-refractivity contribution in [2.45, 2.75) is 26.7 Å². The van der Waals surface area contributed by atoms with Crippen molar-refractivity contribution < 1.29 is 14.3 Å². The predicted octanol–water partition coefficient (Wildman–Crippen LogP) is 1.72. The Bertz CT molecular complexity index is 280. The molecule has 78 valence electrons. The van der Waals surface area contributed by atoms with Gasteiger partial charge in [0.15, 0.2) is 0 Å². The summed E-state index contributed by atoms with van der Waals surface area (Å²) < 4.78 is 4.67. The van der Waals surface area contributed by atoms with Crippen LogP contribution in [0.2, 0.25) is 0 Å². The lowest BCUT2D eigenvalue weighted by Crippen LogP contribution is -2.35. The largest absolute Gasteiger partial charge is 0.466 e. The second kappa shape index (κ2) is 3.95. The zero-order chi connectivity index (χ0) is 10.8. The maximum absolute atomic E-state index is 11.4. The first-order valence-corrected chi connectivity index (χ1v) is 4.81. The van der Waals surface area contributed by atoms with E-state index in [1.807, 2.05) is 13.0 Å². The van der Waals surface area contributed by atoms with E-state index in [1.165, 1.54) is 7.11 Å². The van der Waals surface area contributed by atoms with Crippen LogP contribution in [-0.2, 0) is 14.3 Å². The topological polar surface area (TPSA) is 43.4 Å². The molecule has 3 nitrogen and oxygen atoms in total. The first-order valence-electron chi connectivity index (χ1n) is 4.81. The summed E-state index contributed by atoms with van der Waals surface area (Å²) in [6.45, 7) is 3.79. The van der Waals surface area contributed by atoms with Gasteiger partial charge in [0.1, 0.15) is 6.29 Å². The summed E-state index contributed by atoms with van der Waals surface area (Å²) in [5.41, 5.74) is -0.167. The molecule has 0 bridgehead atoms. The molecule has 0 radical (unpaired) electrons. The Morgan fingerprint density at radius 2 is 2.36 bits per heavy atom. The van der Waals surface area contributed by atoms with Gasteiger partial charge in [-0.3, -0.25) is 0 Å². The zero-order valence-corrected chi connectivity index (χ0v) is 8.87. The van der Waals surface area contributed by atoms with Crippen LogP contribution in [0, 0.1) is 11.3 Å². The lowest BCUT2D eigenvalue weighted by Gasteiger charge is -2.34. The molecule has 0 amide bonds. The fourth-order valence-electron chi connectivity index (χ4n) is 1.86. The van der Waals surface area contributed by atoms with E-state index >= 15 is 0 Å². The van der Waals surface area contributed by atoms with Crippen LogP contribution in [0.25, 0.3) is 0 Å². The molecule has 0 saturated carbocycles. The van der Waals surface area contributed by atoms with Crippen LogP contribution >= 0.6 is 0 Å². The van der Waals surface area contributed by atoms with E-state index in [0.717, 1.165) is 19.1 Å². The third-order valence-corrected chi connectivity index (χ3v) is 3.20. The Balaban J connectivity index is 3.07. The van der Waals surface area contributed by atoms with Crippen molar-refractivity contribution in [1.29, 1.82) is 0 Å². The molecule has 0 spiro atoms. The number of hydrogen-bond donors (Lipinski definition) is 0. The standard InChI is InChI=1S/C11H16O3/c1-8-5-4-6-9(10(13)14-3)11(8,2)7-12/h6-8H,4-5H2,1-3H3/t8-,11+/m1/s1. The van der Waals surface area contributed by atoms with Gasteiger partial charge < -0.3 is 9.53 Å². The van der Waals surface area contributed by atoms with Gasteiger partial charge in [0.25, 0.3) is 0 Å². The lowest BCUT2D eigenvalue weighted by atomic mass is 9.68. The molecular formula is C11H16O3. The maximum atomic E-state index is 11.4. The summed E-state index contributed by atoms with van der Waals surface area (Å²) in [6, 6.07) is 0. The van der Waals surface area contributed by atoms with Crippen LogP contribution < -0.4 is 0 Å². The second-order valence-electron chi connectivity index (χ2n) is 3.99. The summed E-state index contributed by atoms with van der Waals surface area (Å²) in [5.74, 6) is -0.190. The third-order valence-electron chi connectivity index (χ3n) is 3.20. The quantitative estimate of drug-likeness (QED) is 0.499. The van der Waals surface area contributed by atoms with Gasteiger partial charge in [0.05, 0.1) is 12.5 Å². The van der Waals surface area contributed by atoms with E-state index in [0.29, 0.717) is 5.57 Å². The molecule has 0 N–H and O–H groups in total. The molecular weight excluding hydrogens is 180 g/mol. The highest BCUT2D eigenvalue weighted by molar-refractivity contribution is 5.94. The number of esters is 1. The molecule has 0 unspecified atom stereocenters. The van der Waals surface area contributed by atoms with E-state index in [9.17, 15) is 9.59 Å². The van der Waals surface area contributed by atoms with Crippen LogP contribution in [0.1, 0.15) is 26.7 Å². The molecule has 0 heterocycles. The number of carbonyl (C=O) groups excluding carboxylic acids is 2. The minimum atomic E-state index is -0.675. The molecule has 2 atom stereocenters. The van der Waals surface area contributed by atoms with Gasteiger partial charge in [-0.1, -0.05) is 13.0 Å². The number of ether oxygens (including phenoxy) is 1. The third kappa shape index (κ3) is 1.59. The van der Waals surface area contributed by atoms with Gasteiger partial charge in [0.2, 0.25) is 0 Å². The van der Waals surface area contributed by atoms with Crippen molar-refractivity contribution in [1.82, 2.24) is 0 Å². The summed E-state index contributed by atoms with van der Waals surface area (Å²) in [7, 11) is 1.34. The minimum Gasteiger partial charge on any atom is -0.466 e. The Labute approximate surface area is 84.1 Å². The van der Waals surface area contributed by atoms with Crippen LogP contribution in [0.3, 0.4) is 0 Å². The van der Waals surface area contributed by atoms with Crippen LogP contribution in [0.5, 0.6) is 0 Å². The second-order valence-corrected chi connectivity index (χ2v) is 3.99. The van der Waals surface area contributed by atoms with E-state index in [2.05, 4.69) is 4.74 Å². The first kappa shape index (κ1) is 11.0. The van der Waals surface area contributed by atoms with Crippen molar-refractivity contribution in [3.8, 4) is 0 Å². The number of aldehydes is 1. The molecule has 1 aliphatic rings. The average molecular weight is 196 g/mol. The van der Waals surface area contributed by atoms with Gasteiger partial charge in [-0.25, -0.2) is 4.79 Å². The molecule has 1 rings (SSSR count). The van der Waals surface area contributed by atoms with Crippen molar-refractivity contribution in [3.63, 3.8) is 0 Å². The van der Waals surface area contributed by atoms with Crippen molar-refractivity contribution >= 4 is 12.3 Å². The molecule has 0 fully saturated rings. The number of carbonyl (C=O) groups is 2. The van der Waals surface area contributed by atoms with Crippen LogP contribution in [0.4, 0.5) is 0 Å². The van der Waals surface area contributed by atoms with Crippen molar-refractivity contribution in [3.05, 3.63) is 11.6 Å². The molecule has 0 aromatic heterocycles. The van der Waals surface area contributed by atoms with Crippen molar-refractivity contribution in [2.24, 2.45) is 11.3 Å². The number of methoxy groups -OCH3 is 1. The van der Waals surface area contributed by atoms with Gasteiger partial charge in [0, 0.05) is 5.57 Å². The molecule has 0 aliphatic heterocycles. The fraction of sp³-hybridized carbons (Fsp3) is 0.636. The maximum Gasteiger partial charge on any atom is 0.334 e. The Morgan fingerprint density at radius 1 is 1.71 bits per heavy atom. The molecule has 3 heteroatoms. The Kier molecular flexibility index (Phi) is 3.09. The number of hydrogen-bond acceptors (Lipinski definition) is 3. The van der Waals surface area contributed by atoms with Crippen LogP contribution in [-0.4, -0.2) is 19.4 Å². The van der Waals surface area contributed by atoms with Gasteiger partial charge in [-0.2, -0.15) is 0 Å². The highest BCUT2D eigenvalue weighted by atomic mass is 16.5. The van der Waals surface area contributed by atoms with E-state index in [1.54, 1.807) is 6.92 Å². The Hall–Kier alpha value is -1.12. The summed E-state index contributed by atoms with van der Waals surface area (Å²) in [6.07, 6.45) is 4.46. The summed E-state index contributed by atoms with van der Waals surface area (Å²) in [4.78, 5) is 22.5. The fourth-order valence-corrected chi connectivity index (χ4v) is 1.86. The van der Waals surface area contributed by atoms with Gasteiger partial charge in [-0.05, 0) is 25.7 Å². The molecule has 14 heavy (non-hydrogen) atoms. The van der Waals surface area contributed by atoms with E-state index in [4.69, 9.17) is 0 Å². The SMILES string of the molecule is COC(=O)C1=CCC[C@@H](C)[C@]1(C)C=O. The average Bonchev–Trinajstić information content (AvgIpc) is 2.21. The number of allylic oxidation sites excluding steroid dienone is 1. The molecule has 0 aromatic rings. The van der Waals surface area contributed by atoms with Gasteiger partial charge in [-0.15, -0.1) is 0 Å². The molecule has 0 saturated heterocycles. The van der Waals surface area contributed by atoms with Crippen molar-refractivity contribution in [2.75, 3.05) is 7.11 Å². The number of rotatable bonds is 2. The smallest absolute Gasteiger partial charge is 0.334 e. The summed E-state index contributed by atoms with van der Waals surface area (Å²) >= 11 is 0. The van der Waals surface area contributed by atoms with Crippen LogP contribution in [0.15, 0.2) is 11.6 Å². The lowest BCUT2D eigenvalue weighted by molar-refractivity contribution is -0.139. The highest BCUT2D eigenvalue weighted by Gasteiger charge is 2.40. The molecule has 0 aromatic carbocycles. The first-order chi connectivity index (χ1) is 6.56. The minimum absolute atomic E-state index is 0.194. The summed E-state index contributed by atoms with van der Waals surface area (Å²) in [5, 5.41) is 0.